The maximum absolute atomic E-state index is 3.80. The summed E-state index contributed by atoms with van der Waals surface area (Å²) in [5.74, 6) is 2.33. The van der Waals surface area contributed by atoms with E-state index in [-0.39, 0.29) is 0 Å². The van der Waals surface area contributed by atoms with Crippen LogP contribution < -0.4 is 0 Å². The van der Waals surface area contributed by atoms with Gasteiger partial charge in [0.2, 0.25) is 0 Å². The highest BCUT2D eigenvalue weighted by atomic mass is 33.1. The molecule has 0 bridgehead atoms. The van der Waals surface area contributed by atoms with Crippen LogP contribution in [0.4, 0.5) is 0 Å². The molecule has 2 unspecified atom stereocenters. The minimum absolute atomic E-state index is 0.619. The molecule has 0 amide bonds. The molecule has 162 valence electrons. The Labute approximate surface area is 221 Å². The molecule has 0 aliphatic rings. The largest absolute Gasteiger partial charge is 0.123 e. The lowest BCUT2D eigenvalue weighted by molar-refractivity contribution is 0.965. The minimum Gasteiger partial charge on any atom is -0.123 e. The van der Waals surface area contributed by atoms with Crippen molar-refractivity contribution in [3.8, 4) is 0 Å². The maximum Gasteiger partial charge on any atom is 0.0537 e. The first-order chi connectivity index (χ1) is 13.8. The van der Waals surface area contributed by atoms with E-state index >= 15 is 0 Å². The molecule has 0 nitrogen and oxygen atoms in total. The highest BCUT2D eigenvalue weighted by molar-refractivity contribution is 8.81. The summed E-state index contributed by atoms with van der Waals surface area (Å²) in [5, 5.41) is 13.2. The third kappa shape index (κ3) is 21.0. The van der Waals surface area contributed by atoms with E-state index in [1.165, 1.54) is 0 Å². The minimum atomic E-state index is 0.619. The Kier molecular flexibility index (Phi) is 29.4. The molecule has 0 heterocycles. The fraction of sp³-hybridized carbons (Fsp3) is 0.500. The van der Waals surface area contributed by atoms with Gasteiger partial charge in [0.05, 0.1) is 20.3 Å². The molecule has 0 aromatic heterocycles. The van der Waals surface area contributed by atoms with Gasteiger partial charge in [-0.05, 0) is 21.6 Å². The van der Waals surface area contributed by atoms with Crippen molar-refractivity contribution >= 4 is 133 Å². The molecule has 0 aliphatic carbocycles. The summed E-state index contributed by atoms with van der Waals surface area (Å²) in [6.45, 7) is 15.2. The van der Waals surface area contributed by atoms with Crippen molar-refractivity contribution in [3.63, 3.8) is 0 Å². The fourth-order valence-corrected chi connectivity index (χ4v) is 17.3. The second-order valence-electron chi connectivity index (χ2n) is 4.11. The van der Waals surface area contributed by atoms with Crippen LogP contribution in [0.15, 0.2) is 47.9 Å². The molecule has 0 aliphatic heterocycles. The quantitative estimate of drug-likeness (QED) is 0.0620. The monoisotopic (exact) mass is 602 g/mol. The molecular weight excluding hydrogens is 577 g/mol. The third-order valence-electron chi connectivity index (χ3n) is 2.37. The Balaban J connectivity index is 4.62. The predicted octanol–water partition coefficient (Wildman–Crippen LogP) is 10.6. The molecular formula is C16H26S12. The summed E-state index contributed by atoms with van der Waals surface area (Å²) in [6.07, 6.45) is 0. The predicted molar refractivity (Wildman–Crippen MR) is 169 cm³/mol. The van der Waals surface area contributed by atoms with Crippen LogP contribution in [-0.2, 0) is 0 Å². The van der Waals surface area contributed by atoms with Crippen LogP contribution in [0.1, 0.15) is 0 Å². The molecule has 0 aromatic carbocycles. The Morgan fingerprint density at radius 1 is 0.464 bits per heavy atom. The van der Waals surface area contributed by atoms with Gasteiger partial charge >= 0.3 is 0 Å². The van der Waals surface area contributed by atoms with E-state index in [2.05, 4.69) is 26.3 Å². The van der Waals surface area contributed by atoms with Crippen molar-refractivity contribution in [2.45, 2.75) is 10.5 Å². The molecule has 0 spiro atoms. The summed E-state index contributed by atoms with van der Waals surface area (Å²) >= 11 is 7.11. The summed E-state index contributed by atoms with van der Waals surface area (Å²) in [5.41, 5.74) is 0. The van der Waals surface area contributed by atoms with E-state index in [1.807, 2.05) is 108 Å². The summed E-state index contributed by atoms with van der Waals surface area (Å²) in [4.78, 5) is 0. The number of thioether (sulfide) groups is 4. The van der Waals surface area contributed by atoms with Gasteiger partial charge in [-0.1, -0.05) is 113 Å². The first-order valence-corrected chi connectivity index (χ1v) is 21.7. The average molecular weight is 603 g/mol. The molecule has 12 heteroatoms. The second-order valence-corrected chi connectivity index (χ2v) is 19.6. The van der Waals surface area contributed by atoms with Gasteiger partial charge in [0.25, 0.3) is 0 Å². The zero-order valence-corrected chi connectivity index (χ0v) is 25.2. The SMILES string of the molecule is C=CSCSSCC(SSCSC=C)C(CSSCSC=C)SSCSC=C. The molecule has 28 heavy (non-hydrogen) atoms. The molecule has 0 N–H and O–H groups in total. The molecule has 0 radical (unpaired) electrons. The Hall–Kier alpha value is 3.16. The highest BCUT2D eigenvalue weighted by Crippen LogP contribution is 2.45. The Morgan fingerprint density at radius 3 is 1.11 bits per heavy atom. The maximum atomic E-state index is 3.80. The van der Waals surface area contributed by atoms with E-state index in [4.69, 9.17) is 0 Å². The van der Waals surface area contributed by atoms with Crippen LogP contribution in [0, 0.1) is 0 Å². The van der Waals surface area contributed by atoms with E-state index in [0.29, 0.717) is 10.5 Å². The lowest BCUT2D eigenvalue weighted by Gasteiger charge is -2.24. The molecule has 2 atom stereocenters. The smallest absolute Gasteiger partial charge is 0.0537 e. The van der Waals surface area contributed by atoms with Gasteiger partial charge in [0.15, 0.2) is 0 Å². The van der Waals surface area contributed by atoms with Gasteiger partial charge in [-0.2, -0.15) is 0 Å². The Morgan fingerprint density at radius 2 is 0.786 bits per heavy atom. The van der Waals surface area contributed by atoms with Gasteiger partial charge in [-0.15, -0.1) is 47.0 Å². The lowest BCUT2D eigenvalue weighted by Crippen LogP contribution is -2.23. The Bertz CT molecular complexity index is 356. The van der Waals surface area contributed by atoms with Crippen molar-refractivity contribution in [3.05, 3.63) is 47.9 Å². The van der Waals surface area contributed by atoms with E-state index in [9.17, 15) is 0 Å². The van der Waals surface area contributed by atoms with Gasteiger partial charge < -0.3 is 0 Å². The molecule has 0 rings (SSSR count). The normalized spacial score (nSPS) is 13.0. The van der Waals surface area contributed by atoms with E-state index < -0.39 is 0 Å². The molecule has 0 fully saturated rings. The van der Waals surface area contributed by atoms with E-state index in [1.54, 1.807) is 47.0 Å². The van der Waals surface area contributed by atoms with Crippen molar-refractivity contribution < 1.29 is 0 Å². The topological polar surface area (TPSA) is 0 Å². The van der Waals surface area contributed by atoms with Crippen molar-refractivity contribution in [1.82, 2.24) is 0 Å². The summed E-state index contributed by atoms with van der Waals surface area (Å²) in [6, 6.07) is 0. The summed E-state index contributed by atoms with van der Waals surface area (Å²) < 4.78 is 0. The number of hydrogen-bond acceptors (Lipinski definition) is 12. The second kappa shape index (κ2) is 26.4. The highest BCUT2D eigenvalue weighted by Gasteiger charge is 2.24. The van der Waals surface area contributed by atoms with E-state index in [0.717, 1.165) is 31.8 Å². The van der Waals surface area contributed by atoms with Crippen LogP contribution in [0.25, 0.3) is 0 Å². The number of hydrogen-bond donors (Lipinski definition) is 0. The van der Waals surface area contributed by atoms with Gasteiger partial charge in [0, 0.05) is 22.0 Å². The zero-order chi connectivity index (χ0) is 20.7. The van der Waals surface area contributed by atoms with Crippen LogP contribution in [0.2, 0.25) is 0 Å². The first kappa shape index (κ1) is 31.2. The third-order valence-corrected chi connectivity index (χ3v) is 18.3. The molecule has 0 aromatic rings. The van der Waals surface area contributed by atoms with Crippen LogP contribution in [0.5, 0.6) is 0 Å². The number of rotatable bonds is 23. The first-order valence-electron chi connectivity index (χ1n) is 7.75. The van der Waals surface area contributed by atoms with Gasteiger partial charge in [0.1, 0.15) is 0 Å². The van der Waals surface area contributed by atoms with Crippen molar-refractivity contribution in [2.24, 2.45) is 0 Å². The summed E-state index contributed by atoms with van der Waals surface area (Å²) in [7, 11) is 15.9. The van der Waals surface area contributed by atoms with Crippen LogP contribution in [-0.4, -0.2) is 42.3 Å². The molecule has 0 saturated heterocycles. The lowest BCUT2D eigenvalue weighted by atomic mass is 10.3. The van der Waals surface area contributed by atoms with Crippen LogP contribution in [0.3, 0.4) is 0 Å². The van der Waals surface area contributed by atoms with Gasteiger partial charge in [-0.3, -0.25) is 0 Å². The average Bonchev–Trinajstić information content (AvgIpc) is 2.71. The van der Waals surface area contributed by atoms with Gasteiger partial charge in [-0.25, -0.2) is 0 Å². The van der Waals surface area contributed by atoms with Crippen LogP contribution >= 0.6 is 133 Å². The molecule has 0 saturated carbocycles. The van der Waals surface area contributed by atoms with Crippen molar-refractivity contribution in [1.29, 1.82) is 0 Å². The van der Waals surface area contributed by atoms with Crippen molar-refractivity contribution in [2.75, 3.05) is 31.8 Å². The fourth-order valence-electron chi connectivity index (χ4n) is 1.23. The standard InChI is InChI=1S/C16H26S12/c1-5-17-11-23-21-9-15(27-25-13-19-7-3)16(28-26-14-20-8-4)10-22-24-12-18-6-2/h5-8,15-16H,1-4,9-14H2. The zero-order valence-electron chi connectivity index (χ0n) is 15.4.